The van der Waals surface area contributed by atoms with Crippen molar-refractivity contribution in [1.82, 2.24) is 0 Å². The first-order valence-electron chi connectivity index (χ1n) is 6.23. The summed E-state index contributed by atoms with van der Waals surface area (Å²) >= 11 is 3.24. The lowest BCUT2D eigenvalue weighted by Crippen LogP contribution is -2.36. The average molecular weight is 337 g/mol. The standard InChI is InChI=1S/C13H16BrF3N2/c14-11-7-10(13(15,16)17)1-2-12(11)19-5-3-9(8-18)4-6-19/h1-2,7,9H,3-6,8,18H2. The number of nitrogens with zero attached hydrogens (tertiary/aromatic N) is 1. The van der Waals surface area contributed by atoms with Crippen LogP contribution in [0.4, 0.5) is 18.9 Å². The lowest BCUT2D eigenvalue weighted by molar-refractivity contribution is -0.137. The molecule has 1 saturated heterocycles. The third-order valence-electron chi connectivity index (χ3n) is 3.56. The molecule has 6 heteroatoms. The van der Waals surface area contributed by atoms with Crippen LogP contribution in [0.15, 0.2) is 22.7 Å². The number of nitrogens with two attached hydrogens (primary N) is 1. The van der Waals surface area contributed by atoms with E-state index in [9.17, 15) is 13.2 Å². The van der Waals surface area contributed by atoms with Crippen LogP contribution in [-0.2, 0) is 6.18 Å². The Labute approximate surface area is 118 Å². The topological polar surface area (TPSA) is 29.3 Å². The van der Waals surface area contributed by atoms with Gasteiger partial charge in [0.15, 0.2) is 0 Å². The molecule has 1 aromatic rings. The molecule has 0 aromatic heterocycles. The van der Waals surface area contributed by atoms with Crippen LogP contribution in [-0.4, -0.2) is 19.6 Å². The maximum Gasteiger partial charge on any atom is 0.416 e. The number of benzene rings is 1. The van der Waals surface area contributed by atoms with Crippen LogP contribution in [0.25, 0.3) is 0 Å². The van der Waals surface area contributed by atoms with E-state index < -0.39 is 11.7 Å². The van der Waals surface area contributed by atoms with Crippen molar-refractivity contribution < 1.29 is 13.2 Å². The van der Waals surface area contributed by atoms with Gasteiger partial charge in [-0.05, 0) is 59.4 Å². The lowest BCUT2D eigenvalue weighted by Gasteiger charge is -2.33. The van der Waals surface area contributed by atoms with Gasteiger partial charge >= 0.3 is 6.18 Å². The van der Waals surface area contributed by atoms with Crippen LogP contribution >= 0.6 is 15.9 Å². The Balaban J connectivity index is 2.14. The summed E-state index contributed by atoms with van der Waals surface area (Å²) in [6.45, 7) is 2.36. The summed E-state index contributed by atoms with van der Waals surface area (Å²) < 4.78 is 38.3. The van der Waals surface area contributed by atoms with Gasteiger partial charge < -0.3 is 10.6 Å². The zero-order valence-electron chi connectivity index (χ0n) is 10.4. The lowest BCUT2D eigenvalue weighted by atomic mass is 9.96. The highest BCUT2D eigenvalue weighted by molar-refractivity contribution is 9.10. The van der Waals surface area contributed by atoms with Gasteiger partial charge in [0, 0.05) is 17.6 Å². The second-order valence-corrected chi connectivity index (χ2v) is 5.68. The van der Waals surface area contributed by atoms with Gasteiger partial charge in [0.1, 0.15) is 0 Å². The van der Waals surface area contributed by atoms with Gasteiger partial charge in [-0.2, -0.15) is 13.2 Å². The van der Waals surface area contributed by atoms with Crippen LogP contribution in [0.3, 0.4) is 0 Å². The Hall–Kier alpha value is -0.750. The predicted molar refractivity (Wildman–Crippen MR) is 73.1 cm³/mol. The Kier molecular flexibility index (Phi) is 4.40. The number of piperidine rings is 1. The molecule has 0 atom stereocenters. The quantitative estimate of drug-likeness (QED) is 0.893. The number of alkyl halides is 3. The van der Waals surface area contributed by atoms with Gasteiger partial charge in [-0.3, -0.25) is 0 Å². The second-order valence-electron chi connectivity index (χ2n) is 4.83. The molecule has 0 aliphatic carbocycles. The van der Waals surface area contributed by atoms with E-state index in [0.29, 0.717) is 16.9 Å². The third kappa shape index (κ3) is 3.42. The first kappa shape index (κ1) is 14.7. The van der Waals surface area contributed by atoms with Crippen LogP contribution in [0.2, 0.25) is 0 Å². The van der Waals surface area contributed by atoms with E-state index >= 15 is 0 Å². The first-order valence-corrected chi connectivity index (χ1v) is 7.03. The van der Waals surface area contributed by atoms with Crippen LogP contribution < -0.4 is 10.6 Å². The largest absolute Gasteiger partial charge is 0.416 e. The molecule has 106 valence electrons. The molecule has 0 amide bonds. The minimum atomic E-state index is -4.30. The molecule has 1 aromatic carbocycles. The smallest absolute Gasteiger partial charge is 0.371 e. The molecule has 1 aliphatic rings. The van der Waals surface area contributed by atoms with Crippen molar-refractivity contribution in [2.75, 3.05) is 24.5 Å². The summed E-state index contributed by atoms with van der Waals surface area (Å²) in [5.41, 5.74) is 5.83. The van der Waals surface area contributed by atoms with Crippen molar-refractivity contribution in [3.8, 4) is 0 Å². The summed E-state index contributed by atoms with van der Waals surface area (Å²) in [5, 5.41) is 0. The summed E-state index contributed by atoms with van der Waals surface area (Å²) in [7, 11) is 0. The number of hydrogen-bond donors (Lipinski definition) is 1. The van der Waals surface area contributed by atoms with Crippen molar-refractivity contribution in [1.29, 1.82) is 0 Å². The predicted octanol–water partition coefficient (Wildman–Crippen LogP) is 3.64. The molecule has 2 rings (SSSR count). The van der Waals surface area contributed by atoms with E-state index in [2.05, 4.69) is 20.8 Å². The van der Waals surface area contributed by atoms with Crippen molar-refractivity contribution in [3.05, 3.63) is 28.2 Å². The molecule has 0 unspecified atom stereocenters. The van der Waals surface area contributed by atoms with Crippen LogP contribution in [0.5, 0.6) is 0 Å². The van der Waals surface area contributed by atoms with Gasteiger partial charge in [-0.25, -0.2) is 0 Å². The van der Waals surface area contributed by atoms with Gasteiger partial charge in [0.2, 0.25) is 0 Å². The highest BCUT2D eigenvalue weighted by Gasteiger charge is 2.31. The van der Waals surface area contributed by atoms with E-state index in [1.807, 2.05) is 0 Å². The van der Waals surface area contributed by atoms with E-state index in [4.69, 9.17) is 5.73 Å². The summed E-state index contributed by atoms with van der Waals surface area (Å²) in [5.74, 6) is 0.532. The fraction of sp³-hybridized carbons (Fsp3) is 0.538. The highest BCUT2D eigenvalue weighted by atomic mass is 79.9. The molecule has 0 radical (unpaired) electrons. The molecule has 19 heavy (non-hydrogen) atoms. The Morgan fingerprint density at radius 1 is 1.26 bits per heavy atom. The molecule has 1 fully saturated rings. The Bertz CT molecular complexity index is 440. The molecule has 2 nitrogen and oxygen atoms in total. The number of rotatable bonds is 2. The van der Waals surface area contributed by atoms with Crippen molar-refractivity contribution in [2.45, 2.75) is 19.0 Å². The maximum atomic E-state index is 12.6. The molecule has 1 aliphatic heterocycles. The Morgan fingerprint density at radius 3 is 2.37 bits per heavy atom. The van der Waals surface area contributed by atoms with Crippen molar-refractivity contribution in [2.24, 2.45) is 11.7 Å². The molecule has 0 bridgehead atoms. The van der Waals surface area contributed by atoms with E-state index in [1.54, 1.807) is 0 Å². The minimum Gasteiger partial charge on any atom is -0.371 e. The van der Waals surface area contributed by atoms with Crippen molar-refractivity contribution in [3.63, 3.8) is 0 Å². The third-order valence-corrected chi connectivity index (χ3v) is 4.20. The number of hydrogen-bond acceptors (Lipinski definition) is 2. The maximum absolute atomic E-state index is 12.6. The minimum absolute atomic E-state index is 0.494. The Morgan fingerprint density at radius 2 is 1.89 bits per heavy atom. The summed E-state index contributed by atoms with van der Waals surface area (Å²) in [6, 6.07) is 3.81. The molecule has 0 saturated carbocycles. The first-order chi connectivity index (χ1) is 8.91. The van der Waals surface area contributed by atoms with E-state index in [-0.39, 0.29) is 0 Å². The average Bonchev–Trinajstić information content (AvgIpc) is 2.38. The molecule has 1 heterocycles. The monoisotopic (exact) mass is 336 g/mol. The number of halogens is 4. The molecule has 2 N–H and O–H groups in total. The number of anilines is 1. The van der Waals surface area contributed by atoms with E-state index in [0.717, 1.165) is 43.8 Å². The van der Waals surface area contributed by atoms with Crippen LogP contribution in [0.1, 0.15) is 18.4 Å². The van der Waals surface area contributed by atoms with Gasteiger partial charge in [0.05, 0.1) is 11.3 Å². The summed E-state index contributed by atoms with van der Waals surface area (Å²) in [4.78, 5) is 2.11. The SMILES string of the molecule is NCC1CCN(c2ccc(C(F)(F)F)cc2Br)CC1. The van der Waals surface area contributed by atoms with E-state index in [1.165, 1.54) is 6.07 Å². The second kappa shape index (κ2) is 5.71. The van der Waals surface area contributed by atoms with Gasteiger partial charge in [0.25, 0.3) is 0 Å². The zero-order chi connectivity index (χ0) is 14.0. The fourth-order valence-corrected chi connectivity index (χ4v) is 2.98. The molecular weight excluding hydrogens is 321 g/mol. The molecular formula is C13H16BrF3N2. The van der Waals surface area contributed by atoms with Gasteiger partial charge in [-0.15, -0.1) is 0 Å². The van der Waals surface area contributed by atoms with Gasteiger partial charge in [-0.1, -0.05) is 0 Å². The zero-order valence-corrected chi connectivity index (χ0v) is 12.0. The fourth-order valence-electron chi connectivity index (χ4n) is 2.35. The van der Waals surface area contributed by atoms with Crippen molar-refractivity contribution >= 4 is 21.6 Å². The highest BCUT2D eigenvalue weighted by Crippen LogP contribution is 2.36. The summed E-state index contributed by atoms with van der Waals surface area (Å²) in [6.07, 6.45) is -2.32. The normalized spacial score (nSPS) is 17.8. The van der Waals surface area contributed by atoms with Crippen LogP contribution in [0, 0.1) is 5.92 Å². The molecule has 0 spiro atoms.